The predicted molar refractivity (Wildman–Crippen MR) is 55.0 cm³/mol. The number of phenols is 1. The standard InChI is InChI=1S/C9H9N5O2/c1-5-3-2-4-6(7(5)15)8(16)10-9-11-13-14-12-9/h2-4,15H,1H3,(H2,10,11,12,13,14,16). The van der Waals surface area contributed by atoms with Crippen LogP contribution in [0, 0.1) is 6.92 Å². The quantitative estimate of drug-likeness (QED) is 0.680. The third-order valence-electron chi connectivity index (χ3n) is 2.05. The van der Waals surface area contributed by atoms with E-state index in [1.807, 2.05) is 0 Å². The van der Waals surface area contributed by atoms with Crippen molar-refractivity contribution in [3.05, 3.63) is 29.3 Å². The molecule has 1 amide bonds. The maximum atomic E-state index is 11.7. The highest BCUT2D eigenvalue weighted by molar-refractivity contribution is 6.05. The average Bonchev–Trinajstić information content (AvgIpc) is 2.74. The number of carbonyl (C=O) groups is 1. The Bertz CT molecular complexity index is 509. The third-order valence-corrected chi connectivity index (χ3v) is 2.05. The second-order valence-electron chi connectivity index (χ2n) is 3.16. The number of nitrogens with one attached hydrogen (secondary N) is 2. The highest BCUT2D eigenvalue weighted by Crippen LogP contribution is 2.21. The summed E-state index contributed by atoms with van der Waals surface area (Å²) in [5.41, 5.74) is 0.797. The van der Waals surface area contributed by atoms with Gasteiger partial charge in [-0.3, -0.25) is 10.1 Å². The lowest BCUT2D eigenvalue weighted by Gasteiger charge is -2.05. The molecule has 7 heteroatoms. The summed E-state index contributed by atoms with van der Waals surface area (Å²) in [7, 11) is 0. The Morgan fingerprint density at radius 2 is 2.31 bits per heavy atom. The lowest BCUT2D eigenvalue weighted by molar-refractivity contribution is 0.102. The number of nitrogens with zero attached hydrogens (tertiary/aromatic N) is 3. The van der Waals surface area contributed by atoms with E-state index in [1.54, 1.807) is 19.1 Å². The topological polar surface area (TPSA) is 104 Å². The number of H-pyrrole nitrogens is 1. The van der Waals surface area contributed by atoms with Gasteiger partial charge in [0.1, 0.15) is 5.75 Å². The zero-order valence-electron chi connectivity index (χ0n) is 8.43. The second kappa shape index (κ2) is 3.97. The van der Waals surface area contributed by atoms with Gasteiger partial charge in [-0.25, -0.2) is 0 Å². The summed E-state index contributed by atoms with van der Waals surface area (Å²) in [6, 6.07) is 4.90. The largest absolute Gasteiger partial charge is 0.507 e. The van der Waals surface area contributed by atoms with Gasteiger partial charge in [0, 0.05) is 0 Å². The Balaban J connectivity index is 2.24. The molecule has 0 unspecified atom stereocenters. The minimum atomic E-state index is -0.484. The molecule has 3 N–H and O–H groups in total. The molecule has 0 radical (unpaired) electrons. The van der Waals surface area contributed by atoms with E-state index in [0.29, 0.717) is 5.56 Å². The number of carbonyl (C=O) groups excluding carboxylic acids is 1. The summed E-state index contributed by atoms with van der Waals surface area (Å²) >= 11 is 0. The Morgan fingerprint density at radius 1 is 1.50 bits per heavy atom. The number of anilines is 1. The fourth-order valence-corrected chi connectivity index (χ4v) is 1.23. The number of rotatable bonds is 2. The molecular formula is C9H9N5O2. The number of aromatic hydroxyl groups is 1. The van der Waals surface area contributed by atoms with E-state index in [0.717, 1.165) is 0 Å². The SMILES string of the molecule is Cc1cccc(C(=O)Nc2nn[nH]n2)c1O. The van der Waals surface area contributed by atoms with Crippen LogP contribution in [-0.2, 0) is 0 Å². The van der Waals surface area contributed by atoms with Gasteiger partial charge in [0.05, 0.1) is 5.56 Å². The first-order valence-corrected chi connectivity index (χ1v) is 4.52. The number of tetrazole rings is 1. The molecule has 1 aromatic carbocycles. The van der Waals surface area contributed by atoms with E-state index in [2.05, 4.69) is 25.9 Å². The van der Waals surface area contributed by atoms with Crippen molar-refractivity contribution in [2.75, 3.05) is 5.32 Å². The molecule has 0 spiro atoms. The number of para-hydroxylation sites is 1. The highest BCUT2D eigenvalue weighted by Gasteiger charge is 2.13. The number of aromatic nitrogens is 4. The summed E-state index contributed by atoms with van der Waals surface area (Å²) in [4.78, 5) is 11.7. The van der Waals surface area contributed by atoms with Gasteiger partial charge in [-0.2, -0.15) is 5.21 Å². The van der Waals surface area contributed by atoms with Gasteiger partial charge >= 0.3 is 0 Å². The number of aromatic amines is 1. The maximum Gasteiger partial charge on any atom is 0.270 e. The van der Waals surface area contributed by atoms with E-state index < -0.39 is 5.91 Å². The lowest BCUT2D eigenvalue weighted by atomic mass is 10.1. The van der Waals surface area contributed by atoms with Crippen LogP contribution >= 0.6 is 0 Å². The molecule has 0 aliphatic heterocycles. The van der Waals surface area contributed by atoms with Gasteiger partial charge in [-0.15, -0.1) is 5.10 Å². The number of hydrogen-bond donors (Lipinski definition) is 3. The molecule has 0 atom stereocenters. The fourth-order valence-electron chi connectivity index (χ4n) is 1.23. The Hall–Kier alpha value is -2.44. The molecule has 0 aliphatic carbocycles. The van der Waals surface area contributed by atoms with E-state index >= 15 is 0 Å². The monoisotopic (exact) mass is 219 g/mol. The molecule has 0 saturated heterocycles. The Morgan fingerprint density at radius 3 is 3.00 bits per heavy atom. The van der Waals surface area contributed by atoms with Crippen molar-refractivity contribution in [1.29, 1.82) is 0 Å². The van der Waals surface area contributed by atoms with E-state index in [9.17, 15) is 9.90 Å². The van der Waals surface area contributed by atoms with Crippen LogP contribution in [0.5, 0.6) is 5.75 Å². The van der Waals surface area contributed by atoms with E-state index in [4.69, 9.17) is 0 Å². The van der Waals surface area contributed by atoms with Gasteiger partial charge in [-0.05, 0) is 23.8 Å². The number of amides is 1. The molecule has 0 bridgehead atoms. The summed E-state index contributed by atoms with van der Waals surface area (Å²) in [6.07, 6.45) is 0. The van der Waals surface area contributed by atoms with Crippen LogP contribution in [0.25, 0.3) is 0 Å². The van der Waals surface area contributed by atoms with Crippen molar-refractivity contribution in [2.45, 2.75) is 6.92 Å². The molecule has 1 heterocycles. The van der Waals surface area contributed by atoms with Crippen LogP contribution in [0.3, 0.4) is 0 Å². The fraction of sp³-hybridized carbons (Fsp3) is 0.111. The number of aryl methyl sites for hydroxylation is 1. The smallest absolute Gasteiger partial charge is 0.270 e. The number of benzene rings is 1. The van der Waals surface area contributed by atoms with Gasteiger partial charge in [-0.1, -0.05) is 17.2 Å². The minimum Gasteiger partial charge on any atom is -0.507 e. The first kappa shape index (κ1) is 10.1. The molecule has 0 fully saturated rings. The van der Waals surface area contributed by atoms with Gasteiger partial charge in [0.15, 0.2) is 0 Å². The van der Waals surface area contributed by atoms with Crippen molar-refractivity contribution in [3.63, 3.8) is 0 Å². The molecule has 7 nitrogen and oxygen atoms in total. The maximum absolute atomic E-state index is 11.7. The van der Waals surface area contributed by atoms with Crippen LogP contribution in [0.1, 0.15) is 15.9 Å². The molecule has 2 aromatic rings. The van der Waals surface area contributed by atoms with E-state index in [-0.39, 0.29) is 17.3 Å². The first-order chi connectivity index (χ1) is 7.68. The molecule has 82 valence electrons. The van der Waals surface area contributed by atoms with Crippen LogP contribution in [0.15, 0.2) is 18.2 Å². The lowest BCUT2D eigenvalue weighted by Crippen LogP contribution is -2.13. The normalized spacial score (nSPS) is 10.1. The zero-order chi connectivity index (χ0) is 11.5. The molecule has 0 saturated carbocycles. The van der Waals surface area contributed by atoms with Crippen LogP contribution in [0.2, 0.25) is 0 Å². The Kier molecular flexibility index (Phi) is 2.50. The Labute approximate surface area is 90.5 Å². The van der Waals surface area contributed by atoms with Gasteiger partial charge in [0.2, 0.25) is 0 Å². The highest BCUT2D eigenvalue weighted by atomic mass is 16.3. The third kappa shape index (κ3) is 1.83. The summed E-state index contributed by atoms with van der Waals surface area (Å²) < 4.78 is 0. The number of hydrogen-bond acceptors (Lipinski definition) is 5. The van der Waals surface area contributed by atoms with Crippen molar-refractivity contribution in [3.8, 4) is 5.75 Å². The van der Waals surface area contributed by atoms with Crippen LogP contribution in [0.4, 0.5) is 5.95 Å². The van der Waals surface area contributed by atoms with Gasteiger partial charge < -0.3 is 5.11 Å². The molecule has 2 rings (SSSR count). The van der Waals surface area contributed by atoms with Crippen LogP contribution in [-0.4, -0.2) is 31.6 Å². The summed E-state index contributed by atoms with van der Waals surface area (Å²) in [5.74, 6) is -0.475. The summed E-state index contributed by atoms with van der Waals surface area (Å²) in [6.45, 7) is 1.71. The first-order valence-electron chi connectivity index (χ1n) is 4.52. The molecule has 1 aromatic heterocycles. The number of phenolic OH excluding ortho intramolecular Hbond substituents is 1. The van der Waals surface area contributed by atoms with E-state index in [1.165, 1.54) is 6.07 Å². The predicted octanol–water partition coefficient (Wildman–Crippen LogP) is 0.466. The zero-order valence-corrected chi connectivity index (χ0v) is 8.43. The van der Waals surface area contributed by atoms with Crippen molar-refractivity contribution in [2.24, 2.45) is 0 Å². The molecule has 16 heavy (non-hydrogen) atoms. The molecular weight excluding hydrogens is 210 g/mol. The minimum absolute atomic E-state index is 0.0523. The summed E-state index contributed by atoms with van der Waals surface area (Å²) in [5, 5.41) is 24.7. The van der Waals surface area contributed by atoms with Gasteiger partial charge in [0.25, 0.3) is 11.9 Å². The van der Waals surface area contributed by atoms with Crippen molar-refractivity contribution in [1.82, 2.24) is 20.6 Å². The van der Waals surface area contributed by atoms with Crippen molar-refractivity contribution < 1.29 is 9.90 Å². The average molecular weight is 219 g/mol. The van der Waals surface area contributed by atoms with Crippen LogP contribution < -0.4 is 5.32 Å². The second-order valence-corrected chi connectivity index (χ2v) is 3.16. The van der Waals surface area contributed by atoms with Crippen molar-refractivity contribution >= 4 is 11.9 Å². The molecule has 0 aliphatic rings.